The van der Waals surface area contributed by atoms with E-state index in [2.05, 4.69) is 4.99 Å². The molecule has 0 radical (unpaired) electrons. The number of aliphatic imine (C=N–C) groups is 1. The first-order valence-corrected chi connectivity index (χ1v) is 5.55. The van der Waals surface area contributed by atoms with Crippen LogP contribution in [0.1, 0.15) is 13.8 Å². The highest BCUT2D eigenvalue weighted by molar-refractivity contribution is 5.94. The lowest BCUT2D eigenvalue weighted by Crippen LogP contribution is -2.52. The predicted octanol–water partition coefficient (Wildman–Crippen LogP) is 1.82. The Balaban J connectivity index is 2.83. The normalized spacial score (nSPS) is 20.6. The molecule has 0 aromatic heterocycles. The zero-order chi connectivity index (χ0) is 13.8. The Morgan fingerprint density at radius 1 is 1.44 bits per heavy atom. The van der Waals surface area contributed by atoms with Crippen LogP contribution in [0.25, 0.3) is 0 Å². The molecule has 1 unspecified atom stereocenters. The molecule has 104 valence electrons. The summed E-state index contributed by atoms with van der Waals surface area (Å²) in [6.45, 7) is 2.75. The number of amides is 1. The van der Waals surface area contributed by atoms with Crippen molar-refractivity contribution < 1.29 is 27.4 Å². The third-order valence-electron chi connectivity index (χ3n) is 2.29. The standard InChI is InChI=1S/C10H15F3N2O3/c1-3-17-8-5-14-7(10(11,12)13)6-15(8)9(16)18-4-2/h8H,3-6H2,1-2H3. The van der Waals surface area contributed by atoms with Crippen molar-refractivity contribution in [3.05, 3.63) is 0 Å². The van der Waals surface area contributed by atoms with E-state index < -0.39 is 30.8 Å². The maximum Gasteiger partial charge on any atom is 0.430 e. The lowest BCUT2D eigenvalue weighted by molar-refractivity contribution is -0.0745. The number of hydrogen-bond donors (Lipinski definition) is 0. The molecular formula is C10H15F3N2O3. The number of carbonyl (C=O) groups is 1. The number of hydrogen-bond acceptors (Lipinski definition) is 4. The van der Waals surface area contributed by atoms with Gasteiger partial charge in [0, 0.05) is 6.61 Å². The van der Waals surface area contributed by atoms with Crippen molar-refractivity contribution in [1.29, 1.82) is 0 Å². The molecule has 0 bridgehead atoms. The lowest BCUT2D eigenvalue weighted by atomic mass is 10.2. The van der Waals surface area contributed by atoms with E-state index in [9.17, 15) is 18.0 Å². The van der Waals surface area contributed by atoms with E-state index in [1.54, 1.807) is 13.8 Å². The lowest BCUT2D eigenvalue weighted by Gasteiger charge is -2.33. The van der Waals surface area contributed by atoms with Crippen molar-refractivity contribution in [2.75, 3.05) is 26.3 Å². The molecule has 5 nitrogen and oxygen atoms in total. The molecule has 0 aromatic rings. The van der Waals surface area contributed by atoms with Crippen LogP contribution in [0.2, 0.25) is 0 Å². The first kappa shape index (κ1) is 14.7. The van der Waals surface area contributed by atoms with Crippen molar-refractivity contribution in [3.8, 4) is 0 Å². The van der Waals surface area contributed by atoms with Gasteiger partial charge in [-0.15, -0.1) is 0 Å². The van der Waals surface area contributed by atoms with Gasteiger partial charge in [-0.1, -0.05) is 0 Å². The summed E-state index contributed by atoms with van der Waals surface area (Å²) < 4.78 is 47.5. The van der Waals surface area contributed by atoms with Crippen LogP contribution < -0.4 is 0 Å². The first-order valence-electron chi connectivity index (χ1n) is 5.55. The summed E-state index contributed by atoms with van der Waals surface area (Å²) >= 11 is 0. The molecule has 1 heterocycles. The molecule has 0 saturated carbocycles. The molecule has 0 saturated heterocycles. The van der Waals surface area contributed by atoms with Crippen molar-refractivity contribution in [2.45, 2.75) is 26.3 Å². The number of carbonyl (C=O) groups excluding carboxylic acids is 1. The van der Waals surface area contributed by atoms with Gasteiger partial charge in [-0.05, 0) is 13.8 Å². The molecule has 0 fully saturated rings. The minimum Gasteiger partial charge on any atom is -0.450 e. The third kappa shape index (κ3) is 3.59. The number of nitrogens with zero attached hydrogens (tertiary/aromatic N) is 2. The van der Waals surface area contributed by atoms with Gasteiger partial charge >= 0.3 is 12.3 Å². The fourth-order valence-electron chi connectivity index (χ4n) is 1.50. The minimum atomic E-state index is -4.54. The van der Waals surface area contributed by atoms with Crippen LogP contribution in [0.15, 0.2) is 4.99 Å². The molecule has 0 aromatic carbocycles. The topological polar surface area (TPSA) is 51.1 Å². The Bertz CT molecular complexity index is 331. The smallest absolute Gasteiger partial charge is 0.430 e. The Labute approximate surface area is 103 Å². The zero-order valence-corrected chi connectivity index (χ0v) is 10.2. The quantitative estimate of drug-likeness (QED) is 0.784. The summed E-state index contributed by atoms with van der Waals surface area (Å²) in [6.07, 6.45) is -6.17. The average molecular weight is 268 g/mol. The van der Waals surface area contributed by atoms with E-state index in [1.165, 1.54) is 0 Å². The van der Waals surface area contributed by atoms with Crippen LogP contribution in [-0.2, 0) is 9.47 Å². The summed E-state index contributed by atoms with van der Waals surface area (Å²) in [4.78, 5) is 15.9. The summed E-state index contributed by atoms with van der Waals surface area (Å²) in [6, 6.07) is 0. The molecule has 1 aliphatic heterocycles. The Morgan fingerprint density at radius 2 is 2.11 bits per heavy atom. The molecule has 18 heavy (non-hydrogen) atoms. The molecule has 0 N–H and O–H groups in total. The van der Waals surface area contributed by atoms with Crippen LogP contribution in [0.3, 0.4) is 0 Å². The minimum absolute atomic E-state index is 0.0900. The zero-order valence-electron chi connectivity index (χ0n) is 10.2. The van der Waals surface area contributed by atoms with Gasteiger partial charge in [0.25, 0.3) is 0 Å². The van der Waals surface area contributed by atoms with Crippen molar-refractivity contribution in [1.82, 2.24) is 4.90 Å². The number of alkyl halides is 3. The molecule has 1 atom stereocenters. The maximum atomic E-state index is 12.5. The molecule has 0 spiro atoms. The molecule has 1 rings (SSSR count). The van der Waals surface area contributed by atoms with E-state index in [-0.39, 0.29) is 19.8 Å². The maximum absolute atomic E-state index is 12.5. The summed E-state index contributed by atoms with van der Waals surface area (Å²) in [5.74, 6) is 0. The van der Waals surface area contributed by atoms with Gasteiger partial charge in [-0.3, -0.25) is 9.89 Å². The van der Waals surface area contributed by atoms with Crippen molar-refractivity contribution in [3.63, 3.8) is 0 Å². The van der Waals surface area contributed by atoms with Gasteiger partial charge in [0.2, 0.25) is 0 Å². The molecule has 1 amide bonds. The summed E-state index contributed by atoms with van der Waals surface area (Å²) in [5, 5.41) is 0. The largest absolute Gasteiger partial charge is 0.450 e. The predicted molar refractivity (Wildman–Crippen MR) is 57.5 cm³/mol. The van der Waals surface area contributed by atoms with Crippen LogP contribution in [-0.4, -0.2) is 55.4 Å². The SMILES string of the molecule is CCOC(=O)N1CC(C(F)(F)F)=NCC1OCC. The van der Waals surface area contributed by atoms with E-state index >= 15 is 0 Å². The average Bonchev–Trinajstić information content (AvgIpc) is 2.28. The van der Waals surface area contributed by atoms with E-state index in [0.717, 1.165) is 4.90 Å². The van der Waals surface area contributed by atoms with Crippen molar-refractivity contribution in [2.24, 2.45) is 4.99 Å². The van der Waals surface area contributed by atoms with Gasteiger partial charge in [0.1, 0.15) is 5.71 Å². The highest BCUT2D eigenvalue weighted by atomic mass is 19.4. The van der Waals surface area contributed by atoms with Crippen LogP contribution >= 0.6 is 0 Å². The van der Waals surface area contributed by atoms with Gasteiger partial charge in [-0.2, -0.15) is 13.2 Å². The Hall–Kier alpha value is -1.31. The van der Waals surface area contributed by atoms with Gasteiger partial charge in [0.15, 0.2) is 6.23 Å². The van der Waals surface area contributed by atoms with Gasteiger partial charge < -0.3 is 9.47 Å². The number of rotatable bonds is 3. The van der Waals surface area contributed by atoms with Gasteiger partial charge in [-0.25, -0.2) is 4.79 Å². The van der Waals surface area contributed by atoms with Crippen LogP contribution in [0.4, 0.5) is 18.0 Å². The van der Waals surface area contributed by atoms with E-state index in [0.29, 0.717) is 0 Å². The van der Waals surface area contributed by atoms with E-state index in [4.69, 9.17) is 9.47 Å². The van der Waals surface area contributed by atoms with Gasteiger partial charge in [0.05, 0.1) is 19.7 Å². The second kappa shape index (κ2) is 6.03. The first-order chi connectivity index (χ1) is 8.40. The number of halogens is 3. The third-order valence-corrected chi connectivity index (χ3v) is 2.29. The number of ether oxygens (including phenoxy) is 2. The Kier molecular flexibility index (Phi) is 4.94. The Morgan fingerprint density at radius 3 is 2.61 bits per heavy atom. The van der Waals surface area contributed by atoms with Crippen LogP contribution in [0, 0.1) is 0 Å². The molecule has 1 aliphatic rings. The highest BCUT2D eigenvalue weighted by Gasteiger charge is 2.42. The second-order valence-corrected chi connectivity index (χ2v) is 3.52. The summed E-state index contributed by atoms with van der Waals surface area (Å²) in [7, 11) is 0. The highest BCUT2D eigenvalue weighted by Crippen LogP contribution is 2.22. The molecular weight excluding hydrogens is 253 g/mol. The summed E-state index contributed by atoms with van der Waals surface area (Å²) in [5.41, 5.74) is -0.994. The van der Waals surface area contributed by atoms with Crippen LogP contribution in [0.5, 0.6) is 0 Å². The second-order valence-electron chi connectivity index (χ2n) is 3.52. The molecule has 8 heteroatoms. The fraction of sp³-hybridized carbons (Fsp3) is 0.800. The fourth-order valence-corrected chi connectivity index (χ4v) is 1.50. The monoisotopic (exact) mass is 268 g/mol. The van der Waals surface area contributed by atoms with E-state index in [1.807, 2.05) is 0 Å². The molecule has 0 aliphatic carbocycles. The van der Waals surface area contributed by atoms with Crippen molar-refractivity contribution >= 4 is 11.8 Å².